The van der Waals surface area contributed by atoms with E-state index in [9.17, 15) is 18.0 Å². The molecule has 1 N–H and O–H groups in total. The number of nitrogens with zero attached hydrogens (tertiary/aromatic N) is 1. The summed E-state index contributed by atoms with van der Waals surface area (Å²) in [6.45, 7) is 3.28. The Labute approximate surface area is 167 Å². The Balaban J connectivity index is 1.50. The Bertz CT molecular complexity index is 819. The highest BCUT2D eigenvalue weighted by Crippen LogP contribution is 2.29. The molecule has 1 fully saturated rings. The quantitative estimate of drug-likeness (QED) is 0.747. The molecule has 8 heteroatoms. The van der Waals surface area contributed by atoms with Crippen molar-refractivity contribution in [2.45, 2.75) is 32.2 Å². The summed E-state index contributed by atoms with van der Waals surface area (Å²) in [6.07, 6.45) is -2.50. The summed E-state index contributed by atoms with van der Waals surface area (Å²) in [5.74, 6) is 1.41. The van der Waals surface area contributed by atoms with Crippen LogP contribution in [0.4, 0.5) is 13.2 Å². The van der Waals surface area contributed by atoms with Crippen molar-refractivity contribution in [3.05, 3.63) is 59.0 Å². The molecule has 29 heavy (non-hydrogen) atoms. The second-order valence-corrected chi connectivity index (χ2v) is 7.33. The van der Waals surface area contributed by atoms with E-state index in [0.717, 1.165) is 49.6 Å². The van der Waals surface area contributed by atoms with E-state index in [-0.39, 0.29) is 11.5 Å². The molecule has 0 radical (unpaired) electrons. The van der Waals surface area contributed by atoms with Gasteiger partial charge < -0.3 is 14.5 Å². The lowest BCUT2D eigenvalue weighted by atomic mass is 9.97. The third kappa shape index (κ3) is 6.08. The molecular weight excluding hydrogens is 385 g/mol. The first-order valence-corrected chi connectivity index (χ1v) is 9.59. The molecule has 2 aromatic rings. The van der Waals surface area contributed by atoms with Crippen molar-refractivity contribution in [3.8, 4) is 0 Å². The van der Waals surface area contributed by atoms with Crippen LogP contribution in [0.15, 0.2) is 40.8 Å². The second kappa shape index (κ2) is 9.45. The highest BCUT2D eigenvalue weighted by Gasteiger charge is 2.31. The van der Waals surface area contributed by atoms with Gasteiger partial charge in [-0.15, -0.1) is 0 Å². The number of nitrogens with one attached hydrogen (secondary N) is 1. The minimum Gasteiger partial charge on any atom is -0.462 e. The Morgan fingerprint density at radius 2 is 2.07 bits per heavy atom. The number of methoxy groups -OCH3 is 1. The average Bonchev–Trinajstić information content (AvgIpc) is 3.13. The Morgan fingerprint density at radius 3 is 2.83 bits per heavy atom. The molecule has 0 bridgehead atoms. The summed E-state index contributed by atoms with van der Waals surface area (Å²) >= 11 is 0. The van der Waals surface area contributed by atoms with Crippen LogP contribution in [0.2, 0.25) is 0 Å². The molecule has 0 aliphatic carbocycles. The lowest BCUT2D eigenvalue weighted by molar-refractivity contribution is -0.137. The number of likely N-dealkylation sites (tertiary alicyclic amines) is 1. The van der Waals surface area contributed by atoms with Crippen LogP contribution in [0.1, 0.15) is 40.3 Å². The fourth-order valence-electron chi connectivity index (χ4n) is 3.58. The van der Waals surface area contributed by atoms with Crippen molar-refractivity contribution in [2.24, 2.45) is 5.92 Å². The predicted molar refractivity (Wildman–Crippen MR) is 101 cm³/mol. The molecule has 1 aliphatic rings. The lowest BCUT2D eigenvalue weighted by Crippen LogP contribution is -2.40. The van der Waals surface area contributed by atoms with Crippen LogP contribution in [-0.2, 0) is 24.1 Å². The van der Waals surface area contributed by atoms with Crippen LogP contribution >= 0.6 is 0 Å². The highest BCUT2D eigenvalue weighted by atomic mass is 19.4. The molecule has 0 saturated carbocycles. The predicted octanol–water partition coefficient (Wildman–Crippen LogP) is 4.09. The monoisotopic (exact) mass is 410 g/mol. The normalized spacial score (nSPS) is 18.0. The molecule has 1 aromatic heterocycles. The average molecular weight is 410 g/mol. The molecule has 0 unspecified atom stereocenters. The van der Waals surface area contributed by atoms with Gasteiger partial charge in [0.2, 0.25) is 0 Å². The van der Waals surface area contributed by atoms with E-state index in [1.807, 2.05) is 12.1 Å². The Morgan fingerprint density at radius 1 is 1.28 bits per heavy atom. The largest absolute Gasteiger partial charge is 0.462 e. The van der Waals surface area contributed by atoms with E-state index in [4.69, 9.17) is 9.15 Å². The number of amides is 1. The number of piperidine rings is 1. The van der Waals surface area contributed by atoms with Gasteiger partial charge in [0, 0.05) is 25.8 Å². The van der Waals surface area contributed by atoms with Gasteiger partial charge in [-0.1, -0.05) is 6.07 Å². The van der Waals surface area contributed by atoms with Gasteiger partial charge in [-0.3, -0.25) is 9.69 Å². The van der Waals surface area contributed by atoms with Gasteiger partial charge >= 0.3 is 6.18 Å². The summed E-state index contributed by atoms with van der Waals surface area (Å²) in [5, 5.41) is 2.78. The first-order valence-electron chi connectivity index (χ1n) is 9.59. The van der Waals surface area contributed by atoms with Crippen molar-refractivity contribution < 1.29 is 27.1 Å². The number of benzene rings is 1. The molecule has 5 nitrogen and oxygen atoms in total. The third-order valence-corrected chi connectivity index (χ3v) is 4.99. The maximum atomic E-state index is 12.8. The van der Waals surface area contributed by atoms with E-state index in [1.165, 1.54) is 12.1 Å². The first kappa shape index (κ1) is 21.4. The summed E-state index contributed by atoms with van der Waals surface area (Å²) in [6, 6.07) is 8.33. The number of rotatable bonds is 7. The minimum atomic E-state index is -4.46. The number of furan rings is 1. The van der Waals surface area contributed by atoms with Crippen LogP contribution in [0, 0.1) is 5.92 Å². The highest BCUT2D eigenvalue weighted by molar-refractivity contribution is 5.94. The molecule has 2 heterocycles. The van der Waals surface area contributed by atoms with Crippen LogP contribution < -0.4 is 5.32 Å². The van der Waals surface area contributed by atoms with Crippen molar-refractivity contribution >= 4 is 5.91 Å². The van der Waals surface area contributed by atoms with Crippen LogP contribution in [0.5, 0.6) is 0 Å². The number of halogens is 3. The zero-order valence-electron chi connectivity index (χ0n) is 16.3. The molecule has 3 rings (SSSR count). The Kier molecular flexibility index (Phi) is 6.97. The van der Waals surface area contributed by atoms with E-state index >= 15 is 0 Å². The molecule has 1 saturated heterocycles. The van der Waals surface area contributed by atoms with Crippen molar-refractivity contribution in [3.63, 3.8) is 0 Å². The molecule has 1 atom stereocenters. The van der Waals surface area contributed by atoms with Crippen LogP contribution in [0.3, 0.4) is 0 Å². The molecule has 158 valence electrons. The number of alkyl halides is 3. The molecule has 0 spiro atoms. The Hall–Kier alpha value is -2.32. The van der Waals surface area contributed by atoms with E-state index in [2.05, 4.69) is 10.2 Å². The maximum absolute atomic E-state index is 12.8. The zero-order chi connectivity index (χ0) is 20.9. The van der Waals surface area contributed by atoms with Crippen LogP contribution in [0.25, 0.3) is 0 Å². The van der Waals surface area contributed by atoms with Crippen LogP contribution in [-0.4, -0.2) is 37.6 Å². The lowest BCUT2D eigenvalue weighted by Gasteiger charge is -2.32. The number of carbonyl (C=O) groups excluding carboxylic acids is 1. The van der Waals surface area contributed by atoms with Gasteiger partial charge in [0.05, 0.1) is 12.1 Å². The first-order chi connectivity index (χ1) is 13.8. The van der Waals surface area contributed by atoms with E-state index in [1.54, 1.807) is 7.11 Å². The summed E-state index contributed by atoms with van der Waals surface area (Å²) in [5.41, 5.74) is -0.797. The van der Waals surface area contributed by atoms with Gasteiger partial charge in [0.15, 0.2) is 0 Å². The number of hydrogen-bond acceptors (Lipinski definition) is 4. The van der Waals surface area contributed by atoms with Gasteiger partial charge in [-0.2, -0.15) is 13.2 Å². The number of ether oxygens (including phenoxy) is 1. The molecule has 1 aliphatic heterocycles. The summed E-state index contributed by atoms with van der Waals surface area (Å²) < 4.78 is 49.3. The minimum absolute atomic E-state index is 0.0220. The number of hydrogen-bond donors (Lipinski definition) is 1. The fraction of sp³-hybridized carbons (Fsp3) is 0.476. The maximum Gasteiger partial charge on any atom is 0.416 e. The van der Waals surface area contributed by atoms with Gasteiger partial charge in [-0.25, -0.2) is 0 Å². The van der Waals surface area contributed by atoms with Gasteiger partial charge in [0.1, 0.15) is 18.1 Å². The van der Waals surface area contributed by atoms with Crippen molar-refractivity contribution in [2.75, 3.05) is 26.7 Å². The molecular formula is C21H25F3N2O3. The SMILES string of the molecule is COCc1ccc(CN2CCC[C@@H](CNC(=O)c3cccc(C(F)(F)F)c3)C2)o1. The summed E-state index contributed by atoms with van der Waals surface area (Å²) in [4.78, 5) is 14.5. The van der Waals surface area contributed by atoms with E-state index < -0.39 is 17.6 Å². The summed E-state index contributed by atoms with van der Waals surface area (Å²) in [7, 11) is 1.62. The van der Waals surface area contributed by atoms with Gasteiger partial charge in [-0.05, 0) is 55.6 Å². The van der Waals surface area contributed by atoms with Crippen molar-refractivity contribution in [1.29, 1.82) is 0 Å². The second-order valence-electron chi connectivity index (χ2n) is 7.33. The topological polar surface area (TPSA) is 54.7 Å². The van der Waals surface area contributed by atoms with E-state index in [0.29, 0.717) is 19.7 Å². The smallest absolute Gasteiger partial charge is 0.416 e. The molecule has 1 amide bonds. The fourth-order valence-corrected chi connectivity index (χ4v) is 3.58. The third-order valence-electron chi connectivity index (χ3n) is 4.99. The number of carbonyl (C=O) groups is 1. The standard InChI is InChI=1S/C21H25F3N2O3/c1-28-14-19-8-7-18(29-19)13-26-9-3-4-15(12-26)11-25-20(27)16-5-2-6-17(10-16)21(22,23)24/h2,5-8,10,15H,3-4,9,11-14H2,1H3,(H,25,27)/t15-/m0/s1. The zero-order valence-corrected chi connectivity index (χ0v) is 16.3. The van der Waals surface area contributed by atoms with Crippen molar-refractivity contribution in [1.82, 2.24) is 10.2 Å². The van der Waals surface area contributed by atoms with Gasteiger partial charge in [0.25, 0.3) is 5.91 Å². The molecule has 1 aromatic carbocycles.